The summed E-state index contributed by atoms with van der Waals surface area (Å²) in [6.45, 7) is 7.63. The van der Waals surface area contributed by atoms with Crippen LogP contribution in [0.2, 0.25) is 0 Å². The zero-order chi connectivity index (χ0) is 11.0. The summed E-state index contributed by atoms with van der Waals surface area (Å²) in [5, 5.41) is 2.81. The highest BCUT2D eigenvalue weighted by Crippen LogP contribution is 2.20. The van der Waals surface area contributed by atoms with E-state index in [9.17, 15) is 4.79 Å². The molecule has 0 heterocycles. The maximum absolute atomic E-state index is 11.0. The lowest BCUT2D eigenvalue weighted by atomic mass is 9.90. The molecule has 0 aliphatic rings. The normalized spacial score (nSPS) is 11.4. The Morgan fingerprint density at radius 2 is 1.93 bits per heavy atom. The SMILES string of the molecule is COCC(=O)NCCCCC(C)(C)C. The van der Waals surface area contributed by atoms with Gasteiger partial charge in [0.25, 0.3) is 0 Å². The number of ether oxygens (including phenoxy) is 1. The molecule has 0 aromatic heterocycles. The summed E-state index contributed by atoms with van der Waals surface area (Å²) in [7, 11) is 1.53. The van der Waals surface area contributed by atoms with Crippen LogP contribution in [0.5, 0.6) is 0 Å². The van der Waals surface area contributed by atoms with Gasteiger partial charge in [0, 0.05) is 13.7 Å². The van der Waals surface area contributed by atoms with E-state index in [4.69, 9.17) is 4.74 Å². The van der Waals surface area contributed by atoms with Crippen molar-refractivity contribution >= 4 is 5.91 Å². The van der Waals surface area contributed by atoms with Crippen LogP contribution in [-0.2, 0) is 9.53 Å². The van der Waals surface area contributed by atoms with Gasteiger partial charge in [0.05, 0.1) is 0 Å². The van der Waals surface area contributed by atoms with Crippen LogP contribution in [0.3, 0.4) is 0 Å². The Balaban J connectivity index is 3.26. The molecule has 0 radical (unpaired) electrons. The van der Waals surface area contributed by atoms with Crippen LogP contribution < -0.4 is 5.32 Å². The van der Waals surface area contributed by atoms with Crippen LogP contribution in [0.4, 0.5) is 0 Å². The molecule has 0 fully saturated rings. The first kappa shape index (κ1) is 13.4. The standard InChI is InChI=1S/C11H23NO2/c1-11(2,3)7-5-6-8-12-10(13)9-14-4/h5-9H2,1-4H3,(H,12,13). The van der Waals surface area contributed by atoms with Crippen LogP contribution in [-0.4, -0.2) is 26.2 Å². The van der Waals surface area contributed by atoms with Crippen molar-refractivity contribution in [1.29, 1.82) is 0 Å². The first-order valence-electron chi connectivity index (χ1n) is 5.21. The van der Waals surface area contributed by atoms with Gasteiger partial charge in [0.15, 0.2) is 0 Å². The maximum atomic E-state index is 11.0. The molecular formula is C11H23NO2. The molecule has 0 aromatic rings. The Kier molecular flexibility index (Phi) is 6.54. The summed E-state index contributed by atoms with van der Waals surface area (Å²) < 4.78 is 4.70. The quantitative estimate of drug-likeness (QED) is 0.667. The van der Waals surface area contributed by atoms with Crippen molar-refractivity contribution in [2.45, 2.75) is 40.0 Å². The highest BCUT2D eigenvalue weighted by molar-refractivity contribution is 5.77. The summed E-state index contributed by atoms with van der Waals surface area (Å²) >= 11 is 0. The molecule has 3 heteroatoms. The number of nitrogens with one attached hydrogen (secondary N) is 1. The highest BCUT2D eigenvalue weighted by Gasteiger charge is 2.08. The summed E-state index contributed by atoms with van der Waals surface area (Å²) in [5.41, 5.74) is 0.399. The van der Waals surface area contributed by atoms with Gasteiger partial charge in [-0.25, -0.2) is 0 Å². The second kappa shape index (κ2) is 6.82. The van der Waals surface area contributed by atoms with Gasteiger partial charge in [-0.2, -0.15) is 0 Å². The van der Waals surface area contributed by atoms with Gasteiger partial charge in [-0.1, -0.05) is 27.2 Å². The first-order valence-corrected chi connectivity index (χ1v) is 5.21. The molecule has 1 amide bonds. The van der Waals surface area contributed by atoms with E-state index in [2.05, 4.69) is 26.1 Å². The lowest BCUT2D eigenvalue weighted by molar-refractivity contribution is -0.124. The number of carbonyl (C=O) groups is 1. The average Bonchev–Trinajstić information content (AvgIpc) is 2.02. The van der Waals surface area contributed by atoms with E-state index < -0.39 is 0 Å². The third-order valence-corrected chi connectivity index (χ3v) is 1.95. The van der Waals surface area contributed by atoms with Gasteiger partial charge >= 0.3 is 0 Å². The number of amides is 1. The van der Waals surface area contributed by atoms with Crippen molar-refractivity contribution in [3.63, 3.8) is 0 Å². The van der Waals surface area contributed by atoms with Crippen molar-refractivity contribution in [2.75, 3.05) is 20.3 Å². The predicted molar refractivity (Wildman–Crippen MR) is 58.2 cm³/mol. The fraction of sp³-hybridized carbons (Fsp3) is 0.909. The number of carbonyl (C=O) groups excluding carboxylic acids is 1. The molecule has 0 bridgehead atoms. The minimum Gasteiger partial charge on any atom is -0.375 e. The van der Waals surface area contributed by atoms with Crippen LogP contribution in [0.1, 0.15) is 40.0 Å². The lowest BCUT2D eigenvalue weighted by Crippen LogP contribution is -2.28. The third-order valence-electron chi connectivity index (χ3n) is 1.95. The number of hydrogen-bond donors (Lipinski definition) is 1. The minimum atomic E-state index is -0.0248. The van der Waals surface area contributed by atoms with Crippen molar-refractivity contribution in [1.82, 2.24) is 5.32 Å². The van der Waals surface area contributed by atoms with Crippen molar-refractivity contribution < 1.29 is 9.53 Å². The number of unbranched alkanes of at least 4 members (excludes halogenated alkanes) is 1. The Bertz CT molecular complexity index is 161. The Labute approximate surface area is 87.2 Å². The van der Waals surface area contributed by atoms with E-state index in [0.717, 1.165) is 19.4 Å². The van der Waals surface area contributed by atoms with Gasteiger partial charge in [-0.15, -0.1) is 0 Å². The fourth-order valence-corrected chi connectivity index (χ4v) is 1.19. The van der Waals surface area contributed by atoms with E-state index in [1.54, 1.807) is 0 Å². The molecule has 0 aliphatic heterocycles. The van der Waals surface area contributed by atoms with Crippen molar-refractivity contribution in [2.24, 2.45) is 5.41 Å². The van der Waals surface area contributed by atoms with Gasteiger partial charge in [0.2, 0.25) is 5.91 Å². The monoisotopic (exact) mass is 201 g/mol. The van der Waals surface area contributed by atoms with Crippen LogP contribution in [0.15, 0.2) is 0 Å². The smallest absolute Gasteiger partial charge is 0.245 e. The molecule has 0 spiro atoms. The molecule has 1 N–H and O–H groups in total. The van der Waals surface area contributed by atoms with Crippen LogP contribution in [0, 0.1) is 5.41 Å². The van der Waals surface area contributed by atoms with Crippen molar-refractivity contribution in [3.8, 4) is 0 Å². The molecule has 14 heavy (non-hydrogen) atoms. The van der Waals surface area contributed by atoms with Gasteiger partial charge in [-0.05, 0) is 18.3 Å². The Morgan fingerprint density at radius 1 is 1.29 bits per heavy atom. The molecule has 0 aliphatic carbocycles. The summed E-state index contributed by atoms with van der Waals surface area (Å²) in [6.07, 6.45) is 3.41. The lowest BCUT2D eigenvalue weighted by Gasteiger charge is -2.17. The zero-order valence-electron chi connectivity index (χ0n) is 9.85. The van der Waals surface area contributed by atoms with Crippen LogP contribution in [0.25, 0.3) is 0 Å². The second-order valence-corrected chi connectivity index (χ2v) is 4.80. The molecule has 0 saturated carbocycles. The zero-order valence-corrected chi connectivity index (χ0v) is 9.85. The van der Waals surface area contributed by atoms with Gasteiger partial charge in [0.1, 0.15) is 6.61 Å². The number of rotatable bonds is 6. The van der Waals surface area contributed by atoms with E-state index in [0.29, 0.717) is 5.41 Å². The maximum Gasteiger partial charge on any atom is 0.245 e. The molecule has 0 rings (SSSR count). The molecule has 3 nitrogen and oxygen atoms in total. The van der Waals surface area contributed by atoms with E-state index in [-0.39, 0.29) is 12.5 Å². The highest BCUT2D eigenvalue weighted by atomic mass is 16.5. The van der Waals surface area contributed by atoms with Gasteiger partial charge in [-0.3, -0.25) is 4.79 Å². The topological polar surface area (TPSA) is 38.3 Å². The summed E-state index contributed by atoms with van der Waals surface area (Å²) in [4.78, 5) is 11.0. The third kappa shape index (κ3) is 9.52. The predicted octanol–water partition coefficient (Wildman–Crippen LogP) is 1.97. The van der Waals surface area contributed by atoms with Crippen molar-refractivity contribution in [3.05, 3.63) is 0 Å². The molecule has 0 aromatic carbocycles. The van der Waals surface area contributed by atoms with Crippen LogP contribution >= 0.6 is 0 Å². The Morgan fingerprint density at radius 3 is 2.43 bits per heavy atom. The number of hydrogen-bond acceptors (Lipinski definition) is 2. The molecule has 0 atom stereocenters. The van der Waals surface area contributed by atoms with Gasteiger partial charge < -0.3 is 10.1 Å². The molecule has 0 unspecified atom stereocenters. The molecular weight excluding hydrogens is 178 g/mol. The van der Waals surface area contributed by atoms with E-state index in [1.165, 1.54) is 13.5 Å². The largest absolute Gasteiger partial charge is 0.375 e. The average molecular weight is 201 g/mol. The summed E-state index contributed by atoms with van der Waals surface area (Å²) in [5.74, 6) is -0.0248. The fourth-order valence-electron chi connectivity index (χ4n) is 1.19. The number of methoxy groups -OCH3 is 1. The van der Waals surface area contributed by atoms with E-state index in [1.807, 2.05) is 0 Å². The minimum absolute atomic E-state index is 0.0248. The Hall–Kier alpha value is -0.570. The summed E-state index contributed by atoms with van der Waals surface area (Å²) in [6, 6.07) is 0. The van der Waals surface area contributed by atoms with E-state index >= 15 is 0 Å². The molecule has 0 saturated heterocycles. The first-order chi connectivity index (χ1) is 6.45. The second-order valence-electron chi connectivity index (χ2n) is 4.80. The molecule has 84 valence electrons.